The summed E-state index contributed by atoms with van der Waals surface area (Å²) < 4.78 is 6.79. The molecule has 0 aliphatic carbocycles. The number of nitrogens with zero attached hydrogens (tertiary/aromatic N) is 1. The lowest BCUT2D eigenvalue weighted by molar-refractivity contribution is -0.150. The lowest BCUT2D eigenvalue weighted by Crippen LogP contribution is -2.57. The molecule has 118 valence electrons. The number of carboxylic acid groups (broad SMARTS) is 1. The first kappa shape index (κ1) is 17.2. The smallest absolute Gasteiger partial charge is 0.311 e. The van der Waals surface area contributed by atoms with Gasteiger partial charge in [0.05, 0.1) is 17.6 Å². The standard InChI is InChI=1S/C15H24N2O4/c1-14(2,13(19)20)15(3,4)16-12(18)11-7-6-8-17(11)9-10-21-5/h6-8H,9-10H2,1-5H3,(H,16,18)(H,19,20). The van der Waals surface area contributed by atoms with Crippen LogP contribution in [0, 0.1) is 5.41 Å². The molecule has 0 radical (unpaired) electrons. The number of carbonyl (C=O) groups is 2. The highest BCUT2D eigenvalue weighted by atomic mass is 16.5. The van der Waals surface area contributed by atoms with Crippen molar-refractivity contribution in [3.8, 4) is 0 Å². The molecule has 1 aromatic rings. The van der Waals surface area contributed by atoms with Gasteiger partial charge in [-0.25, -0.2) is 0 Å². The molecule has 0 atom stereocenters. The number of ether oxygens (including phenoxy) is 1. The summed E-state index contributed by atoms with van der Waals surface area (Å²) in [5, 5.41) is 12.1. The van der Waals surface area contributed by atoms with Crippen molar-refractivity contribution in [3.05, 3.63) is 24.0 Å². The molecule has 1 heterocycles. The van der Waals surface area contributed by atoms with Crippen molar-refractivity contribution in [1.82, 2.24) is 9.88 Å². The number of nitrogens with one attached hydrogen (secondary N) is 1. The van der Waals surface area contributed by atoms with Crippen LogP contribution < -0.4 is 5.32 Å². The Morgan fingerprint density at radius 2 is 1.95 bits per heavy atom. The second-order valence-corrected chi connectivity index (χ2v) is 6.09. The number of hydrogen-bond acceptors (Lipinski definition) is 3. The first-order chi connectivity index (χ1) is 9.63. The van der Waals surface area contributed by atoms with Gasteiger partial charge in [0, 0.05) is 19.9 Å². The predicted octanol–water partition coefficient (Wildman–Crippen LogP) is 1.75. The number of rotatable bonds is 7. The summed E-state index contributed by atoms with van der Waals surface area (Å²) in [7, 11) is 1.60. The average molecular weight is 296 g/mol. The number of carbonyl (C=O) groups excluding carboxylic acids is 1. The van der Waals surface area contributed by atoms with Gasteiger partial charge >= 0.3 is 5.97 Å². The Hall–Kier alpha value is -1.82. The Bertz CT molecular complexity index is 517. The summed E-state index contributed by atoms with van der Waals surface area (Å²) in [6.07, 6.45) is 1.79. The fraction of sp³-hybridized carbons (Fsp3) is 0.600. The molecule has 6 heteroatoms. The van der Waals surface area contributed by atoms with Gasteiger partial charge < -0.3 is 19.7 Å². The van der Waals surface area contributed by atoms with Crippen LogP contribution in [0.4, 0.5) is 0 Å². The van der Waals surface area contributed by atoms with Gasteiger partial charge in [-0.05, 0) is 39.8 Å². The van der Waals surface area contributed by atoms with Crippen LogP contribution in [0.15, 0.2) is 18.3 Å². The van der Waals surface area contributed by atoms with Crippen molar-refractivity contribution in [2.45, 2.75) is 39.8 Å². The largest absolute Gasteiger partial charge is 0.481 e. The third kappa shape index (κ3) is 3.64. The van der Waals surface area contributed by atoms with Gasteiger partial charge in [0.2, 0.25) is 0 Å². The topological polar surface area (TPSA) is 80.6 Å². The molecule has 0 bridgehead atoms. The highest BCUT2D eigenvalue weighted by Gasteiger charge is 2.44. The van der Waals surface area contributed by atoms with E-state index >= 15 is 0 Å². The highest BCUT2D eigenvalue weighted by Crippen LogP contribution is 2.31. The van der Waals surface area contributed by atoms with Gasteiger partial charge in [-0.3, -0.25) is 9.59 Å². The van der Waals surface area contributed by atoms with E-state index in [0.717, 1.165) is 0 Å². The van der Waals surface area contributed by atoms with Crippen molar-refractivity contribution in [3.63, 3.8) is 0 Å². The first-order valence-electron chi connectivity index (χ1n) is 6.83. The molecule has 1 aromatic heterocycles. The third-order valence-electron chi connectivity index (χ3n) is 4.12. The van der Waals surface area contributed by atoms with E-state index in [2.05, 4.69) is 5.32 Å². The Morgan fingerprint density at radius 1 is 1.33 bits per heavy atom. The maximum atomic E-state index is 12.4. The quantitative estimate of drug-likeness (QED) is 0.803. The van der Waals surface area contributed by atoms with E-state index in [1.54, 1.807) is 57.7 Å². The molecule has 0 unspecified atom stereocenters. The van der Waals surface area contributed by atoms with E-state index in [1.807, 2.05) is 0 Å². The molecule has 0 saturated heterocycles. The monoisotopic (exact) mass is 296 g/mol. The van der Waals surface area contributed by atoms with Crippen LogP contribution in [0.25, 0.3) is 0 Å². The molecule has 0 spiro atoms. The molecule has 1 rings (SSSR count). The SMILES string of the molecule is COCCn1cccc1C(=O)NC(C)(C)C(C)(C)C(=O)O. The van der Waals surface area contributed by atoms with Crippen LogP contribution in [0.2, 0.25) is 0 Å². The van der Waals surface area contributed by atoms with Crippen LogP contribution in [-0.2, 0) is 16.1 Å². The minimum atomic E-state index is -1.09. The maximum absolute atomic E-state index is 12.4. The Balaban J connectivity index is 2.91. The fourth-order valence-electron chi connectivity index (χ4n) is 1.78. The average Bonchev–Trinajstić information content (AvgIpc) is 2.83. The third-order valence-corrected chi connectivity index (χ3v) is 4.12. The number of aromatic nitrogens is 1. The second-order valence-electron chi connectivity index (χ2n) is 6.09. The predicted molar refractivity (Wildman–Crippen MR) is 79.3 cm³/mol. The van der Waals surface area contributed by atoms with Gasteiger partial charge in [-0.1, -0.05) is 0 Å². The van der Waals surface area contributed by atoms with Crippen LogP contribution in [0.1, 0.15) is 38.2 Å². The maximum Gasteiger partial charge on any atom is 0.311 e. The molecular weight excluding hydrogens is 272 g/mol. The van der Waals surface area contributed by atoms with Gasteiger partial charge in [0.15, 0.2) is 0 Å². The van der Waals surface area contributed by atoms with Crippen molar-refractivity contribution in [2.75, 3.05) is 13.7 Å². The Labute approximate surface area is 125 Å². The molecule has 0 aromatic carbocycles. The number of amides is 1. The van der Waals surface area contributed by atoms with Crippen LogP contribution in [0.5, 0.6) is 0 Å². The second kappa shape index (κ2) is 6.30. The first-order valence-corrected chi connectivity index (χ1v) is 6.83. The van der Waals surface area contributed by atoms with Gasteiger partial charge in [-0.15, -0.1) is 0 Å². The van der Waals surface area contributed by atoms with E-state index in [0.29, 0.717) is 18.8 Å². The minimum Gasteiger partial charge on any atom is -0.481 e. The van der Waals surface area contributed by atoms with E-state index < -0.39 is 16.9 Å². The molecule has 2 N–H and O–H groups in total. The van der Waals surface area contributed by atoms with Crippen molar-refractivity contribution < 1.29 is 19.4 Å². The summed E-state index contributed by atoms with van der Waals surface area (Å²) in [4.78, 5) is 23.8. The molecular formula is C15H24N2O4. The zero-order valence-corrected chi connectivity index (χ0v) is 13.3. The highest BCUT2D eigenvalue weighted by molar-refractivity contribution is 5.93. The lowest BCUT2D eigenvalue weighted by Gasteiger charge is -2.38. The molecule has 0 saturated carbocycles. The normalized spacial score (nSPS) is 12.2. The van der Waals surface area contributed by atoms with Crippen molar-refractivity contribution in [1.29, 1.82) is 0 Å². The summed E-state index contributed by atoms with van der Waals surface area (Å²) >= 11 is 0. The van der Waals surface area contributed by atoms with Crippen molar-refractivity contribution in [2.24, 2.45) is 5.41 Å². The molecule has 1 amide bonds. The fourth-order valence-corrected chi connectivity index (χ4v) is 1.78. The lowest BCUT2D eigenvalue weighted by atomic mass is 9.74. The zero-order chi connectivity index (χ0) is 16.3. The van der Waals surface area contributed by atoms with Crippen molar-refractivity contribution >= 4 is 11.9 Å². The van der Waals surface area contributed by atoms with E-state index in [9.17, 15) is 14.7 Å². The van der Waals surface area contributed by atoms with Gasteiger partial charge in [0.1, 0.15) is 5.69 Å². The molecule has 0 aliphatic rings. The molecule has 0 fully saturated rings. The van der Waals surface area contributed by atoms with Crippen LogP contribution >= 0.6 is 0 Å². The van der Waals surface area contributed by atoms with Gasteiger partial charge in [-0.2, -0.15) is 0 Å². The Kier molecular flexibility index (Phi) is 5.17. The number of carboxylic acids is 1. The number of hydrogen-bond donors (Lipinski definition) is 2. The number of aliphatic carboxylic acids is 1. The van der Waals surface area contributed by atoms with Crippen LogP contribution in [-0.4, -0.2) is 40.8 Å². The summed E-state index contributed by atoms with van der Waals surface area (Å²) in [5.41, 5.74) is -1.50. The molecule has 0 aliphatic heterocycles. The Morgan fingerprint density at radius 3 is 2.48 bits per heavy atom. The minimum absolute atomic E-state index is 0.296. The van der Waals surface area contributed by atoms with E-state index in [-0.39, 0.29) is 5.91 Å². The van der Waals surface area contributed by atoms with Gasteiger partial charge in [0.25, 0.3) is 5.91 Å². The molecule has 6 nitrogen and oxygen atoms in total. The summed E-state index contributed by atoms with van der Waals surface area (Å²) in [6, 6.07) is 3.48. The molecule has 21 heavy (non-hydrogen) atoms. The summed E-state index contributed by atoms with van der Waals surface area (Å²) in [6.45, 7) is 7.68. The van der Waals surface area contributed by atoms with E-state index in [4.69, 9.17) is 4.74 Å². The zero-order valence-electron chi connectivity index (χ0n) is 13.3. The number of methoxy groups -OCH3 is 1. The van der Waals surface area contributed by atoms with Crippen LogP contribution in [0.3, 0.4) is 0 Å². The van der Waals surface area contributed by atoms with E-state index in [1.165, 1.54) is 0 Å². The summed E-state index contributed by atoms with van der Waals surface area (Å²) in [5.74, 6) is -1.25.